The zero-order valence-electron chi connectivity index (χ0n) is 12.0. The fraction of sp³-hybridized carbons (Fsp3) is 0.385. The van der Waals surface area contributed by atoms with Crippen molar-refractivity contribution < 1.29 is 32.3 Å². The summed E-state index contributed by atoms with van der Waals surface area (Å²) in [5.74, 6) is -1.44. The number of hydrogen-bond acceptors (Lipinski definition) is 6. The first kappa shape index (κ1) is 16.0. The van der Waals surface area contributed by atoms with Crippen LogP contribution in [0.25, 0.3) is 11.4 Å². The van der Waals surface area contributed by atoms with Crippen LogP contribution in [0, 0.1) is 0 Å². The largest absolute Gasteiger partial charge is 0.472 e. The minimum Gasteiger partial charge on any atom is -0.472 e. The van der Waals surface area contributed by atoms with Gasteiger partial charge in [0.1, 0.15) is 6.10 Å². The normalized spacial score (nSPS) is 18.0. The molecular formula is C13H11F3N4O4. The minimum atomic E-state index is -4.71. The molecule has 0 unspecified atom stereocenters. The summed E-state index contributed by atoms with van der Waals surface area (Å²) >= 11 is 0. The number of aromatic nitrogens is 3. The maximum atomic E-state index is 12.4. The van der Waals surface area contributed by atoms with E-state index in [1.807, 2.05) is 0 Å². The standard InChI is InChI=1S/C13H11F3N4O4/c14-13(15,16)11-18-10(19-24-11)7-1-2-9(17-5-7)23-8-3-4-20(6-8)12(21)22/h1-2,5,8H,3-4,6H2,(H,21,22)/t8-/m0/s1. The molecule has 1 fully saturated rings. The quantitative estimate of drug-likeness (QED) is 0.911. The van der Waals surface area contributed by atoms with E-state index in [1.54, 1.807) is 0 Å². The van der Waals surface area contributed by atoms with Crippen LogP contribution in [0.1, 0.15) is 12.3 Å². The molecule has 24 heavy (non-hydrogen) atoms. The number of halogens is 3. The predicted octanol–water partition coefficient (Wildman–Crippen LogP) is 2.28. The molecule has 1 amide bonds. The Hall–Kier alpha value is -2.85. The van der Waals surface area contributed by atoms with Gasteiger partial charge < -0.3 is 19.3 Å². The second-order valence-electron chi connectivity index (χ2n) is 5.06. The molecule has 2 aromatic heterocycles. The first-order valence-corrected chi connectivity index (χ1v) is 6.85. The molecule has 1 atom stereocenters. The lowest BCUT2D eigenvalue weighted by molar-refractivity contribution is -0.159. The van der Waals surface area contributed by atoms with Crippen molar-refractivity contribution in [1.82, 2.24) is 20.0 Å². The Balaban J connectivity index is 1.66. The molecule has 0 saturated carbocycles. The number of carbonyl (C=O) groups is 1. The van der Waals surface area contributed by atoms with Gasteiger partial charge in [-0.05, 0) is 6.07 Å². The number of carboxylic acid groups (broad SMARTS) is 1. The second kappa shape index (κ2) is 5.98. The van der Waals surface area contributed by atoms with Crippen LogP contribution in [0.4, 0.5) is 18.0 Å². The van der Waals surface area contributed by atoms with E-state index in [0.717, 1.165) is 0 Å². The van der Waals surface area contributed by atoms with Crippen LogP contribution in [0.3, 0.4) is 0 Å². The number of ether oxygens (including phenoxy) is 1. The van der Waals surface area contributed by atoms with E-state index >= 15 is 0 Å². The number of pyridine rings is 1. The molecule has 1 aliphatic rings. The van der Waals surface area contributed by atoms with Gasteiger partial charge in [0.05, 0.1) is 6.54 Å². The van der Waals surface area contributed by atoms with Crippen molar-refractivity contribution in [2.24, 2.45) is 0 Å². The zero-order chi connectivity index (χ0) is 17.3. The highest BCUT2D eigenvalue weighted by atomic mass is 19.4. The summed E-state index contributed by atoms with van der Waals surface area (Å²) < 4.78 is 47.0. The molecule has 0 bridgehead atoms. The van der Waals surface area contributed by atoms with E-state index in [1.165, 1.54) is 23.2 Å². The smallest absolute Gasteiger partial charge is 0.471 e. The van der Waals surface area contributed by atoms with Gasteiger partial charge in [-0.15, -0.1) is 0 Å². The Morgan fingerprint density at radius 3 is 2.75 bits per heavy atom. The van der Waals surface area contributed by atoms with Crippen LogP contribution in [0.5, 0.6) is 5.88 Å². The van der Waals surface area contributed by atoms with Gasteiger partial charge in [0, 0.05) is 30.8 Å². The number of likely N-dealkylation sites (tertiary alicyclic amines) is 1. The van der Waals surface area contributed by atoms with Gasteiger partial charge >= 0.3 is 18.2 Å². The molecule has 1 N–H and O–H groups in total. The first-order valence-electron chi connectivity index (χ1n) is 6.85. The van der Waals surface area contributed by atoms with Gasteiger partial charge in [0.15, 0.2) is 0 Å². The Kier molecular flexibility index (Phi) is 3.99. The molecule has 1 saturated heterocycles. The molecular weight excluding hydrogens is 333 g/mol. The Morgan fingerprint density at radius 2 is 2.21 bits per heavy atom. The SMILES string of the molecule is O=C(O)N1CC[C@H](Oc2ccc(-c3noc(C(F)(F)F)n3)cn2)C1. The third-order valence-corrected chi connectivity index (χ3v) is 3.37. The second-order valence-corrected chi connectivity index (χ2v) is 5.06. The molecule has 128 valence electrons. The lowest BCUT2D eigenvalue weighted by atomic mass is 10.2. The highest BCUT2D eigenvalue weighted by molar-refractivity contribution is 5.65. The summed E-state index contributed by atoms with van der Waals surface area (Å²) in [4.78, 5) is 19.3. The summed E-state index contributed by atoms with van der Waals surface area (Å²) in [6.45, 7) is 0.611. The third kappa shape index (κ3) is 3.39. The fourth-order valence-corrected chi connectivity index (χ4v) is 2.21. The van der Waals surface area contributed by atoms with Crippen molar-refractivity contribution in [2.45, 2.75) is 18.7 Å². The minimum absolute atomic E-state index is 0.232. The molecule has 0 aliphatic carbocycles. The average molecular weight is 344 g/mol. The number of rotatable bonds is 3. The summed E-state index contributed by atoms with van der Waals surface area (Å²) in [5, 5.41) is 12.1. The molecule has 3 heterocycles. The highest BCUT2D eigenvalue weighted by Crippen LogP contribution is 2.29. The van der Waals surface area contributed by atoms with Crippen LogP contribution in [0.15, 0.2) is 22.9 Å². The van der Waals surface area contributed by atoms with Crippen LogP contribution in [0.2, 0.25) is 0 Å². The van der Waals surface area contributed by atoms with Crippen LogP contribution in [-0.4, -0.2) is 50.4 Å². The Bertz CT molecular complexity index is 732. The molecule has 1 aliphatic heterocycles. The topological polar surface area (TPSA) is 102 Å². The van der Waals surface area contributed by atoms with Crippen molar-refractivity contribution in [3.8, 4) is 17.3 Å². The summed E-state index contributed by atoms with van der Waals surface area (Å²) in [6.07, 6.45) is -4.25. The maximum absolute atomic E-state index is 12.4. The van der Waals surface area contributed by atoms with E-state index in [9.17, 15) is 18.0 Å². The van der Waals surface area contributed by atoms with E-state index in [4.69, 9.17) is 9.84 Å². The van der Waals surface area contributed by atoms with Crippen molar-refractivity contribution >= 4 is 6.09 Å². The monoisotopic (exact) mass is 344 g/mol. The number of amides is 1. The fourth-order valence-electron chi connectivity index (χ4n) is 2.21. The predicted molar refractivity (Wildman–Crippen MR) is 71.2 cm³/mol. The van der Waals surface area contributed by atoms with E-state index in [2.05, 4.69) is 19.6 Å². The van der Waals surface area contributed by atoms with Gasteiger partial charge in [0.2, 0.25) is 11.7 Å². The van der Waals surface area contributed by atoms with Gasteiger partial charge in [0.25, 0.3) is 0 Å². The van der Waals surface area contributed by atoms with E-state index in [0.29, 0.717) is 13.0 Å². The van der Waals surface area contributed by atoms with Crippen molar-refractivity contribution in [2.75, 3.05) is 13.1 Å². The highest BCUT2D eigenvalue weighted by Gasteiger charge is 2.38. The lowest BCUT2D eigenvalue weighted by Gasteiger charge is -2.13. The van der Waals surface area contributed by atoms with Gasteiger partial charge in [-0.25, -0.2) is 9.78 Å². The Morgan fingerprint density at radius 1 is 1.42 bits per heavy atom. The van der Waals surface area contributed by atoms with Crippen LogP contribution < -0.4 is 4.74 Å². The summed E-state index contributed by atoms with van der Waals surface area (Å²) in [6, 6.07) is 2.89. The number of nitrogens with zero attached hydrogens (tertiary/aromatic N) is 4. The van der Waals surface area contributed by atoms with Crippen molar-refractivity contribution in [3.05, 3.63) is 24.2 Å². The molecule has 3 rings (SSSR count). The van der Waals surface area contributed by atoms with Gasteiger partial charge in [-0.3, -0.25) is 0 Å². The summed E-state index contributed by atoms with van der Waals surface area (Å²) in [5.41, 5.74) is 0.236. The first-order chi connectivity index (χ1) is 11.3. The van der Waals surface area contributed by atoms with Gasteiger partial charge in [-0.2, -0.15) is 18.2 Å². The Labute approximate surface area is 132 Å². The summed E-state index contributed by atoms with van der Waals surface area (Å²) in [7, 11) is 0. The van der Waals surface area contributed by atoms with Gasteiger partial charge in [-0.1, -0.05) is 5.16 Å². The molecule has 0 radical (unpaired) electrons. The maximum Gasteiger partial charge on any atom is 0.471 e. The lowest BCUT2D eigenvalue weighted by Crippen LogP contribution is -2.29. The number of hydrogen-bond donors (Lipinski definition) is 1. The molecule has 0 spiro atoms. The average Bonchev–Trinajstić information content (AvgIpc) is 3.16. The molecule has 11 heteroatoms. The zero-order valence-corrected chi connectivity index (χ0v) is 12.0. The third-order valence-electron chi connectivity index (χ3n) is 3.37. The van der Waals surface area contributed by atoms with E-state index in [-0.39, 0.29) is 29.9 Å². The van der Waals surface area contributed by atoms with Crippen LogP contribution in [-0.2, 0) is 6.18 Å². The molecule has 2 aromatic rings. The van der Waals surface area contributed by atoms with E-state index < -0.39 is 18.2 Å². The number of alkyl halides is 3. The van der Waals surface area contributed by atoms with Crippen molar-refractivity contribution in [1.29, 1.82) is 0 Å². The molecule has 8 nitrogen and oxygen atoms in total. The molecule has 0 aromatic carbocycles. The van der Waals surface area contributed by atoms with Crippen molar-refractivity contribution in [3.63, 3.8) is 0 Å². The van der Waals surface area contributed by atoms with Crippen LogP contribution >= 0.6 is 0 Å².